The number of benzene rings is 1. The Hall–Kier alpha value is -1.44. The second-order valence-corrected chi connectivity index (χ2v) is 6.58. The normalized spacial score (nSPS) is 12.2. The van der Waals surface area contributed by atoms with Crippen molar-refractivity contribution in [2.24, 2.45) is 5.14 Å². The van der Waals surface area contributed by atoms with Gasteiger partial charge in [0.1, 0.15) is 6.61 Å². The first-order valence-electron chi connectivity index (χ1n) is 5.65. The highest BCUT2D eigenvalue weighted by molar-refractivity contribution is 7.89. The number of ether oxygens (including phenoxy) is 1. The summed E-state index contributed by atoms with van der Waals surface area (Å²) in [5, 5.41) is 7.56. The summed E-state index contributed by atoms with van der Waals surface area (Å²) < 4.78 is 27.4. The van der Waals surface area contributed by atoms with Crippen molar-refractivity contribution in [2.75, 3.05) is 11.9 Å². The van der Waals surface area contributed by atoms with Crippen LogP contribution in [-0.4, -0.2) is 26.5 Å². The molecule has 0 aliphatic carbocycles. The molecule has 0 aliphatic rings. The average molecular weight is 286 g/mol. The highest BCUT2D eigenvalue weighted by Gasteiger charge is 2.13. The van der Waals surface area contributed by atoms with Crippen molar-refractivity contribution in [3.05, 3.63) is 24.3 Å². The molecule has 0 spiro atoms. The molecular weight excluding hydrogens is 268 g/mol. The molecule has 0 unspecified atom stereocenters. The highest BCUT2D eigenvalue weighted by atomic mass is 32.2. The molecule has 1 rings (SSSR count). The lowest BCUT2D eigenvalue weighted by Gasteiger charge is -2.19. The largest absolute Gasteiger partial charge is 0.366 e. The van der Waals surface area contributed by atoms with Gasteiger partial charge in [0.25, 0.3) is 0 Å². The number of anilines is 1. The van der Waals surface area contributed by atoms with Gasteiger partial charge in [0, 0.05) is 5.69 Å². The number of amides is 1. The van der Waals surface area contributed by atoms with Crippen molar-refractivity contribution in [2.45, 2.75) is 31.3 Å². The predicted molar refractivity (Wildman–Crippen MR) is 72.1 cm³/mol. The van der Waals surface area contributed by atoms with Gasteiger partial charge in [0.05, 0.1) is 10.5 Å². The number of nitrogens with two attached hydrogens (primary N) is 1. The Morgan fingerprint density at radius 2 is 1.79 bits per heavy atom. The molecule has 0 atom stereocenters. The molecule has 3 N–H and O–H groups in total. The van der Waals surface area contributed by atoms with Gasteiger partial charge in [-0.1, -0.05) is 0 Å². The van der Waals surface area contributed by atoms with Crippen LogP contribution in [0.2, 0.25) is 0 Å². The molecule has 106 valence electrons. The minimum Gasteiger partial charge on any atom is -0.366 e. The minimum atomic E-state index is -3.72. The molecule has 1 amide bonds. The Balaban J connectivity index is 2.61. The zero-order chi connectivity index (χ0) is 14.7. The quantitative estimate of drug-likeness (QED) is 0.865. The van der Waals surface area contributed by atoms with E-state index in [1.54, 1.807) is 0 Å². The van der Waals surface area contributed by atoms with Gasteiger partial charge in [-0.05, 0) is 45.0 Å². The molecule has 19 heavy (non-hydrogen) atoms. The molecule has 0 bridgehead atoms. The number of rotatable bonds is 4. The molecule has 0 aromatic heterocycles. The Kier molecular flexibility index (Phi) is 4.67. The second kappa shape index (κ2) is 5.68. The van der Waals surface area contributed by atoms with Crippen molar-refractivity contribution >= 4 is 21.6 Å². The molecule has 0 saturated heterocycles. The standard InChI is InChI=1S/C12H18N2O4S/c1-12(2,3)18-8-11(15)14-9-4-6-10(7-5-9)19(13,16)17/h4-7H,8H2,1-3H3,(H,14,15)(H2,13,16,17). The van der Waals surface area contributed by atoms with Gasteiger partial charge in [0.15, 0.2) is 0 Å². The smallest absolute Gasteiger partial charge is 0.250 e. The SMILES string of the molecule is CC(C)(C)OCC(=O)Nc1ccc(S(N)(=O)=O)cc1. The number of sulfonamides is 1. The Morgan fingerprint density at radius 3 is 2.21 bits per heavy atom. The molecule has 1 aromatic carbocycles. The minimum absolute atomic E-state index is 0.00330. The molecule has 0 aliphatic heterocycles. The maximum Gasteiger partial charge on any atom is 0.250 e. The van der Waals surface area contributed by atoms with E-state index in [1.165, 1.54) is 24.3 Å². The first-order valence-corrected chi connectivity index (χ1v) is 7.19. The fraction of sp³-hybridized carbons (Fsp3) is 0.417. The fourth-order valence-corrected chi connectivity index (χ4v) is 1.72. The predicted octanol–water partition coefficient (Wildman–Crippen LogP) is 1.09. The van der Waals surface area contributed by atoms with Gasteiger partial charge < -0.3 is 10.1 Å². The number of primary sulfonamides is 1. The highest BCUT2D eigenvalue weighted by Crippen LogP contribution is 2.13. The van der Waals surface area contributed by atoms with Crippen LogP contribution in [0.5, 0.6) is 0 Å². The summed E-state index contributed by atoms with van der Waals surface area (Å²) in [5.41, 5.74) is 0.0874. The summed E-state index contributed by atoms with van der Waals surface area (Å²) in [6, 6.07) is 5.59. The van der Waals surface area contributed by atoms with Gasteiger partial charge >= 0.3 is 0 Å². The molecule has 1 aromatic rings. The van der Waals surface area contributed by atoms with Crippen LogP contribution in [0.25, 0.3) is 0 Å². The van der Waals surface area contributed by atoms with Gasteiger partial charge in [-0.2, -0.15) is 0 Å². The van der Waals surface area contributed by atoms with Crippen LogP contribution in [-0.2, 0) is 19.6 Å². The van der Waals surface area contributed by atoms with E-state index >= 15 is 0 Å². The van der Waals surface area contributed by atoms with Gasteiger partial charge in [0.2, 0.25) is 15.9 Å². The number of hydrogen-bond acceptors (Lipinski definition) is 4. The van der Waals surface area contributed by atoms with E-state index in [2.05, 4.69) is 5.32 Å². The van der Waals surface area contributed by atoms with Crippen LogP contribution in [0.1, 0.15) is 20.8 Å². The summed E-state index contributed by atoms with van der Waals surface area (Å²) in [5.74, 6) is -0.307. The fourth-order valence-electron chi connectivity index (χ4n) is 1.21. The maximum absolute atomic E-state index is 11.6. The van der Waals surface area contributed by atoms with E-state index < -0.39 is 15.6 Å². The van der Waals surface area contributed by atoms with Crippen LogP contribution in [0, 0.1) is 0 Å². The van der Waals surface area contributed by atoms with Crippen LogP contribution in [0.15, 0.2) is 29.2 Å². The van der Waals surface area contributed by atoms with Gasteiger partial charge in [-0.3, -0.25) is 4.79 Å². The summed E-state index contributed by atoms with van der Waals surface area (Å²) in [4.78, 5) is 11.6. The summed E-state index contributed by atoms with van der Waals surface area (Å²) in [7, 11) is -3.72. The molecule has 6 nitrogen and oxygen atoms in total. The second-order valence-electron chi connectivity index (χ2n) is 5.02. The number of nitrogens with one attached hydrogen (secondary N) is 1. The van der Waals surface area contributed by atoms with Crippen molar-refractivity contribution in [1.82, 2.24) is 0 Å². The average Bonchev–Trinajstić information content (AvgIpc) is 2.25. The first-order chi connectivity index (χ1) is 8.58. The molecular formula is C12H18N2O4S. The lowest BCUT2D eigenvalue weighted by molar-refractivity contribution is -0.125. The molecule has 0 saturated carbocycles. The van der Waals surface area contributed by atoms with Crippen LogP contribution in [0.4, 0.5) is 5.69 Å². The van der Waals surface area contributed by atoms with Crippen molar-refractivity contribution in [3.8, 4) is 0 Å². The van der Waals surface area contributed by atoms with Crippen molar-refractivity contribution in [3.63, 3.8) is 0 Å². The third-order valence-corrected chi connectivity index (χ3v) is 3.03. The molecule has 0 heterocycles. The van der Waals surface area contributed by atoms with Gasteiger partial charge in [-0.15, -0.1) is 0 Å². The van der Waals surface area contributed by atoms with Crippen molar-refractivity contribution in [1.29, 1.82) is 0 Å². The topological polar surface area (TPSA) is 98.5 Å². The summed E-state index contributed by atoms with van der Waals surface area (Å²) in [6.07, 6.45) is 0. The van der Waals surface area contributed by atoms with E-state index in [0.29, 0.717) is 5.69 Å². The maximum atomic E-state index is 11.6. The summed E-state index contributed by atoms with van der Waals surface area (Å²) in [6.45, 7) is 5.48. The Bertz CT molecular complexity index is 544. The lowest BCUT2D eigenvalue weighted by Crippen LogP contribution is -2.27. The zero-order valence-corrected chi connectivity index (χ0v) is 12.0. The van der Waals surface area contributed by atoms with E-state index in [-0.39, 0.29) is 17.4 Å². The number of hydrogen-bond donors (Lipinski definition) is 2. The van der Waals surface area contributed by atoms with E-state index in [4.69, 9.17) is 9.88 Å². The van der Waals surface area contributed by atoms with Crippen LogP contribution in [0.3, 0.4) is 0 Å². The zero-order valence-electron chi connectivity index (χ0n) is 11.1. The molecule has 7 heteroatoms. The van der Waals surface area contributed by atoms with E-state index in [9.17, 15) is 13.2 Å². The third kappa shape index (κ3) is 5.82. The molecule has 0 fully saturated rings. The van der Waals surface area contributed by atoms with E-state index in [1.807, 2.05) is 20.8 Å². The Morgan fingerprint density at radius 1 is 1.26 bits per heavy atom. The van der Waals surface area contributed by atoms with Gasteiger partial charge in [-0.25, -0.2) is 13.6 Å². The van der Waals surface area contributed by atoms with Crippen LogP contribution < -0.4 is 10.5 Å². The Labute approximate surface area is 113 Å². The number of carbonyl (C=O) groups is 1. The first kappa shape index (κ1) is 15.6. The van der Waals surface area contributed by atoms with E-state index in [0.717, 1.165) is 0 Å². The van der Waals surface area contributed by atoms with Crippen LogP contribution >= 0.6 is 0 Å². The lowest BCUT2D eigenvalue weighted by atomic mass is 10.2. The monoisotopic (exact) mass is 286 g/mol. The third-order valence-electron chi connectivity index (χ3n) is 2.10. The number of carbonyl (C=O) groups excluding carboxylic acids is 1. The summed E-state index contributed by atoms with van der Waals surface area (Å²) >= 11 is 0. The van der Waals surface area contributed by atoms with Crippen molar-refractivity contribution < 1.29 is 17.9 Å². The molecule has 0 radical (unpaired) electrons.